The molecule has 5 rings (SSSR count). The predicted molar refractivity (Wildman–Crippen MR) is 129 cm³/mol. The van der Waals surface area contributed by atoms with Crippen LogP contribution >= 0.6 is 0 Å². The van der Waals surface area contributed by atoms with Crippen LogP contribution in [0, 0.1) is 11.6 Å². The monoisotopic (exact) mass is 535 g/mol. The highest BCUT2D eigenvalue weighted by Gasteiger charge is 2.47. The van der Waals surface area contributed by atoms with E-state index in [0.29, 0.717) is 29.3 Å². The zero-order valence-electron chi connectivity index (χ0n) is 20.3. The molecule has 2 N–H and O–H groups in total. The summed E-state index contributed by atoms with van der Waals surface area (Å²) >= 11 is 0. The van der Waals surface area contributed by atoms with Crippen molar-refractivity contribution in [2.45, 2.75) is 50.4 Å². The van der Waals surface area contributed by atoms with Gasteiger partial charge in [-0.2, -0.15) is 13.2 Å². The second-order valence-electron chi connectivity index (χ2n) is 9.79. The number of carbonyl (C=O) groups is 2. The van der Waals surface area contributed by atoms with E-state index in [1.165, 1.54) is 27.7 Å². The molecule has 38 heavy (non-hydrogen) atoms. The van der Waals surface area contributed by atoms with Crippen molar-refractivity contribution in [2.24, 2.45) is 0 Å². The van der Waals surface area contributed by atoms with Crippen LogP contribution in [0.15, 0.2) is 36.7 Å². The van der Waals surface area contributed by atoms with Gasteiger partial charge in [0, 0.05) is 31.2 Å². The summed E-state index contributed by atoms with van der Waals surface area (Å²) in [5.74, 6) is -2.59. The lowest BCUT2D eigenvalue weighted by molar-refractivity contribution is -0.182. The third kappa shape index (κ3) is 4.79. The van der Waals surface area contributed by atoms with Gasteiger partial charge in [-0.1, -0.05) is 6.07 Å². The Morgan fingerprint density at radius 3 is 2.50 bits per heavy atom. The molecule has 2 aliphatic heterocycles. The number of alkyl halides is 3. The molecule has 202 valence electrons. The van der Waals surface area contributed by atoms with Crippen molar-refractivity contribution in [3.63, 3.8) is 0 Å². The molecule has 0 bridgehead atoms. The number of nitrogens with two attached hydrogens (primary N) is 1. The van der Waals surface area contributed by atoms with Gasteiger partial charge in [-0.25, -0.2) is 13.8 Å². The van der Waals surface area contributed by atoms with Gasteiger partial charge in [0.25, 0.3) is 5.91 Å². The summed E-state index contributed by atoms with van der Waals surface area (Å²) in [7, 11) is 0. The Balaban J connectivity index is 1.36. The summed E-state index contributed by atoms with van der Waals surface area (Å²) in [4.78, 5) is 31.8. The first-order chi connectivity index (χ1) is 18.0. The average molecular weight is 536 g/mol. The van der Waals surface area contributed by atoms with Crippen LogP contribution in [0.4, 0.5) is 27.8 Å². The maximum absolute atomic E-state index is 15.0. The number of rotatable bonds is 4. The van der Waals surface area contributed by atoms with Gasteiger partial charge in [-0.3, -0.25) is 9.59 Å². The van der Waals surface area contributed by atoms with Crippen LogP contribution < -0.4 is 5.73 Å². The number of piperidine rings is 1. The molecule has 2 aromatic heterocycles. The van der Waals surface area contributed by atoms with E-state index in [-0.39, 0.29) is 56.3 Å². The summed E-state index contributed by atoms with van der Waals surface area (Å²) in [5, 5.41) is 0.312. The lowest BCUT2D eigenvalue weighted by atomic mass is 9.89. The number of likely N-dealkylation sites (tertiary alicyclic amines) is 2. The Morgan fingerprint density at radius 2 is 1.79 bits per heavy atom. The number of pyridine rings is 1. The summed E-state index contributed by atoms with van der Waals surface area (Å²) in [5.41, 5.74) is 6.48. The number of aromatic nitrogens is 2. The molecule has 1 atom stereocenters. The van der Waals surface area contributed by atoms with Crippen molar-refractivity contribution in [3.05, 3.63) is 59.4 Å². The summed E-state index contributed by atoms with van der Waals surface area (Å²) in [6.45, 7) is 0.255. The highest BCUT2D eigenvalue weighted by Crippen LogP contribution is 2.37. The molecule has 7 nitrogen and oxygen atoms in total. The summed E-state index contributed by atoms with van der Waals surface area (Å²) in [6, 6.07) is 3.80. The van der Waals surface area contributed by atoms with Crippen LogP contribution in [0.2, 0.25) is 0 Å². The average Bonchev–Trinajstić information content (AvgIpc) is 3.52. The molecule has 2 fully saturated rings. The molecule has 0 saturated carbocycles. The van der Waals surface area contributed by atoms with Crippen molar-refractivity contribution in [1.29, 1.82) is 0 Å². The van der Waals surface area contributed by atoms with E-state index >= 15 is 0 Å². The Kier molecular flexibility index (Phi) is 6.74. The van der Waals surface area contributed by atoms with E-state index < -0.39 is 35.7 Å². The number of halogens is 5. The van der Waals surface area contributed by atoms with Gasteiger partial charge in [0.15, 0.2) is 5.82 Å². The number of hydrogen-bond donors (Lipinski definition) is 1. The van der Waals surface area contributed by atoms with Gasteiger partial charge < -0.3 is 20.1 Å². The van der Waals surface area contributed by atoms with Gasteiger partial charge in [0.05, 0.1) is 17.3 Å². The highest BCUT2D eigenvalue weighted by molar-refractivity contribution is 5.95. The molecule has 0 aliphatic carbocycles. The van der Waals surface area contributed by atoms with E-state index in [1.54, 1.807) is 12.3 Å². The van der Waals surface area contributed by atoms with Gasteiger partial charge in [0.1, 0.15) is 24.2 Å². The second kappa shape index (κ2) is 9.88. The van der Waals surface area contributed by atoms with Crippen LogP contribution in [0.1, 0.15) is 47.5 Å². The van der Waals surface area contributed by atoms with E-state index in [0.717, 1.165) is 11.1 Å². The van der Waals surface area contributed by atoms with Crippen molar-refractivity contribution in [3.8, 4) is 0 Å². The fourth-order valence-electron chi connectivity index (χ4n) is 5.60. The van der Waals surface area contributed by atoms with Crippen molar-refractivity contribution in [2.75, 3.05) is 25.4 Å². The lowest BCUT2D eigenvalue weighted by Crippen LogP contribution is -2.45. The zero-order chi connectivity index (χ0) is 27.2. The minimum atomic E-state index is -4.50. The van der Waals surface area contributed by atoms with E-state index in [1.807, 2.05) is 0 Å². The molecule has 0 unspecified atom stereocenters. The first kappa shape index (κ1) is 25.9. The first-order valence-corrected chi connectivity index (χ1v) is 12.4. The van der Waals surface area contributed by atoms with Crippen molar-refractivity contribution < 1.29 is 31.5 Å². The molecule has 2 amide bonds. The SMILES string of the molecule is Nc1cc(C(=O)N2CCC(c3cn(CC(=O)N4CCC[C@H]4C(F)(F)F)c4cccc(F)c34)CC2)c(F)cn1. The third-order valence-electron chi connectivity index (χ3n) is 7.47. The van der Waals surface area contributed by atoms with Gasteiger partial charge >= 0.3 is 6.18 Å². The number of hydrogen-bond acceptors (Lipinski definition) is 4. The number of amides is 2. The molecule has 0 radical (unpaired) electrons. The Hall–Kier alpha value is -3.70. The number of nitrogen functional groups attached to an aromatic ring is 1. The summed E-state index contributed by atoms with van der Waals surface area (Å²) in [6.07, 6.45) is -0.916. The van der Waals surface area contributed by atoms with E-state index in [9.17, 15) is 31.5 Å². The molecule has 12 heteroatoms. The number of benzene rings is 1. The highest BCUT2D eigenvalue weighted by atomic mass is 19.4. The van der Waals surface area contributed by atoms with Crippen LogP contribution in [0.25, 0.3) is 10.9 Å². The smallest absolute Gasteiger partial charge is 0.384 e. The number of nitrogens with zero attached hydrogens (tertiary/aromatic N) is 4. The predicted octanol–water partition coefficient (Wildman–Crippen LogP) is 4.47. The van der Waals surface area contributed by atoms with Gasteiger partial charge in [0.2, 0.25) is 5.91 Å². The molecule has 2 aliphatic rings. The fraction of sp³-hybridized carbons (Fsp3) is 0.423. The minimum Gasteiger partial charge on any atom is -0.384 e. The Labute approximate surface area is 215 Å². The Morgan fingerprint density at radius 1 is 1.05 bits per heavy atom. The van der Waals surface area contributed by atoms with Gasteiger partial charge in [-0.15, -0.1) is 0 Å². The van der Waals surface area contributed by atoms with Gasteiger partial charge in [-0.05, 0) is 55.4 Å². The van der Waals surface area contributed by atoms with E-state index in [2.05, 4.69) is 4.98 Å². The topological polar surface area (TPSA) is 84.5 Å². The Bertz CT molecular complexity index is 1380. The zero-order valence-corrected chi connectivity index (χ0v) is 20.3. The third-order valence-corrected chi connectivity index (χ3v) is 7.47. The van der Waals surface area contributed by atoms with Crippen LogP contribution in [0.3, 0.4) is 0 Å². The standard InChI is InChI=1S/C26H26F5N5O2/c27-18-3-1-4-20-24(18)17(13-35(20)14-23(37)36-8-2-5-21(36)26(29,30)31)15-6-9-34(10-7-15)25(38)16-11-22(32)33-12-19(16)28/h1,3-4,11-13,15,21H,2,5-10,14H2,(H2,32,33)/t21-/m0/s1. The number of carbonyl (C=O) groups excluding carboxylic acids is 2. The summed E-state index contributed by atoms with van der Waals surface area (Å²) < 4.78 is 70.8. The molecular weight excluding hydrogens is 509 g/mol. The maximum Gasteiger partial charge on any atom is 0.408 e. The minimum absolute atomic E-state index is 0.0259. The van der Waals surface area contributed by atoms with Crippen LogP contribution in [-0.4, -0.2) is 63.0 Å². The van der Waals surface area contributed by atoms with Crippen molar-refractivity contribution in [1.82, 2.24) is 19.4 Å². The molecule has 0 spiro atoms. The number of fused-ring (bicyclic) bond motifs is 1. The quantitative estimate of drug-likeness (QED) is 0.500. The fourth-order valence-corrected chi connectivity index (χ4v) is 5.60. The number of anilines is 1. The lowest BCUT2D eigenvalue weighted by Gasteiger charge is -2.32. The molecule has 4 heterocycles. The first-order valence-electron chi connectivity index (χ1n) is 12.4. The largest absolute Gasteiger partial charge is 0.408 e. The maximum atomic E-state index is 15.0. The molecule has 3 aromatic rings. The van der Waals surface area contributed by atoms with Crippen LogP contribution in [0.5, 0.6) is 0 Å². The molecule has 1 aromatic carbocycles. The second-order valence-corrected chi connectivity index (χ2v) is 9.79. The van der Waals surface area contributed by atoms with Crippen LogP contribution in [-0.2, 0) is 11.3 Å². The van der Waals surface area contributed by atoms with E-state index in [4.69, 9.17) is 5.73 Å². The normalized spacial score (nSPS) is 18.9. The molecular formula is C26H26F5N5O2. The molecule has 2 saturated heterocycles. The van der Waals surface area contributed by atoms with Crippen molar-refractivity contribution >= 4 is 28.5 Å².